The molecule has 251 valence electrons. The van der Waals surface area contributed by atoms with Crippen LogP contribution in [0.1, 0.15) is 0 Å². The Labute approximate surface area is 342 Å². The van der Waals surface area contributed by atoms with Crippen LogP contribution in [0.2, 0.25) is 0 Å². The van der Waals surface area contributed by atoms with Crippen molar-refractivity contribution in [3.63, 3.8) is 0 Å². The van der Waals surface area contributed by atoms with Crippen LogP contribution in [0, 0.1) is 12.3 Å². The van der Waals surface area contributed by atoms with Crippen molar-refractivity contribution in [2.45, 2.75) is 0 Å². The van der Waals surface area contributed by atoms with Crippen LogP contribution in [0.25, 0.3) is 97.6 Å². The van der Waals surface area contributed by atoms with Crippen molar-refractivity contribution in [3.8, 4) is 44.8 Å². The predicted octanol–water partition coefficient (Wildman–Crippen LogP) is 13.7. The fourth-order valence-electron chi connectivity index (χ4n) is 8.15. The zero-order chi connectivity index (χ0) is 34.9. The topological polar surface area (TPSA) is 9.86 Å². The second-order valence-corrected chi connectivity index (χ2v) is 14.6. The summed E-state index contributed by atoms with van der Waals surface area (Å²) < 4.78 is 7.14. The molecule has 0 fully saturated rings. The third-order valence-electron chi connectivity index (χ3n) is 10.6. The largest absolute Gasteiger partial charge is 0.439 e. The van der Waals surface area contributed by atoms with Gasteiger partial charge in [0.1, 0.15) is 0 Å². The normalized spacial score (nSPS) is 11.6. The number of thiophene rings is 1. The van der Waals surface area contributed by atoms with Crippen LogP contribution in [0.15, 0.2) is 182 Å². The van der Waals surface area contributed by atoms with Crippen molar-refractivity contribution in [1.82, 2.24) is 9.13 Å². The summed E-state index contributed by atoms with van der Waals surface area (Å²) in [5.74, 6) is 0. The number of benzene rings is 8. The van der Waals surface area contributed by atoms with Gasteiger partial charge in [0.25, 0.3) is 0 Å². The van der Waals surface area contributed by atoms with Crippen LogP contribution in [0.4, 0.5) is 0 Å². The molecule has 3 heterocycles. The Bertz CT molecular complexity index is 3170. The number of aromatic nitrogens is 2. The van der Waals surface area contributed by atoms with Crippen LogP contribution in [0.5, 0.6) is 0 Å². The average molecular weight is 780 g/mol. The zero-order valence-electron chi connectivity index (χ0n) is 29.2. The van der Waals surface area contributed by atoms with Crippen molar-refractivity contribution in [1.29, 1.82) is 0 Å². The Morgan fingerprint density at radius 3 is 1.76 bits per heavy atom. The molecule has 54 heavy (non-hydrogen) atoms. The molecule has 0 aliphatic rings. The quantitative estimate of drug-likeness (QED) is 0.154. The molecule has 11 rings (SSSR count). The van der Waals surface area contributed by atoms with Gasteiger partial charge in [-0.15, -0.1) is 22.6 Å². The molecule has 0 aliphatic heterocycles. The maximum Gasteiger partial charge on any atom is 0.0541 e. The molecule has 2 nitrogen and oxygen atoms in total. The Kier molecular flexibility index (Phi) is 8.18. The molecule has 0 saturated carbocycles. The first-order valence-corrected chi connectivity index (χ1v) is 18.8. The minimum Gasteiger partial charge on any atom is -0.439 e. The SMILES string of the molecule is [Y].[c-]1ccc(-c2cccc3c2sc2c(-c4ccc5c(c4)c4ccccc4n5-c4ccccc4)cccc23)cc1-n1[c-]c(-c2ccccc2)c2ccccc21. The van der Waals surface area contributed by atoms with Gasteiger partial charge in [-0.3, -0.25) is 0 Å². The van der Waals surface area contributed by atoms with Gasteiger partial charge >= 0.3 is 0 Å². The van der Waals surface area contributed by atoms with E-state index in [9.17, 15) is 0 Å². The Hall–Kier alpha value is -5.58. The number of hydrogen-bond acceptors (Lipinski definition) is 1. The summed E-state index contributed by atoms with van der Waals surface area (Å²) in [4.78, 5) is 0. The van der Waals surface area contributed by atoms with Gasteiger partial charge in [-0.2, -0.15) is 18.2 Å². The van der Waals surface area contributed by atoms with Crippen LogP contribution in [-0.2, 0) is 32.7 Å². The molecule has 0 bridgehead atoms. The van der Waals surface area contributed by atoms with Crippen molar-refractivity contribution in [2.24, 2.45) is 0 Å². The number of hydrogen-bond donors (Lipinski definition) is 0. The van der Waals surface area contributed by atoms with Gasteiger partial charge in [0.05, 0.1) is 11.0 Å². The van der Waals surface area contributed by atoms with E-state index in [1.54, 1.807) is 0 Å². The fraction of sp³-hybridized carbons (Fsp3) is 0. The number of fused-ring (bicyclic) bond motifs is 7. The second kappa shape index (κ2) is 13.4. The van der Waals surface area contributed by atoms with Gasteiger partial charge in [0, 0.05) is 69.3 Å². The third kappa shape index (κ3) is 5.22. The van der Waals surface area contributed by atoms with Gasteiger partial charge in [0.15, 0.2) is 0 Å². The first kappa shape index (κ1) is 33.0. The molecular formula is C50H30N2SY-2. The monoisotopic (exact) mass is 779 g/mol. The Morgan fingerprint density at radius 1 is 0.426 bits per heavy atom. The molecule has 8 aromatic carbocycles. The average Bonchev–Trinajstić information content (AvgIpc) is 3.91. The molecule has 0 atom stereocenters. The minimum atomic E-state index is 0. The third-order valence-corrected chi connectivity index (χ3v) is 11.8. The van der Waals surface area contributed by atoms with Gasteiger partial charge < -0.3 is 9.13 Å². The van der Waals surface area contributed by atoms with Crippen molar-refractivity contribution in [3.05, 3.63) is 194 Å². The van der Waals surface area contributed by atoms with E-state index < -0.39 is 0 Å². The van der Waals surface area contributed by atoms with E-state index in [0.29, 0.717) is 0 Å². The molecule has 0 saturated heterocycles. The number of para-hydroxylation sites is 3. The van der Waals surface area contributed by atoms with E-state index in [0.717, 1.165) is 22.3 Å². The molecule has 0 N–H and O–H groups in total. The maximum atomic E-state index is 3.71. The van der Waals surface area contributed by atoms with Crippen molar-refractivity contribution >= 4 is 64.2 Å². The van der Waals surface area contributed by atoms with Gasteiger partial charge in [-0.1, -0.05) is 150 Å². The summed E-state index contributed by atoms with van der Waals surface area (Å²) in [6, 6.07) is 69.0. The first-order valence-electron chi connectivity index (χ1n) is 17.9. The van der Waals surface area contributed by atoms with E-state index in [1.165, 1.54) is 75.3 Å². The van der Waals surface area contributed by atoms with Gasteiger partial charge in [-0.05, 0) is 58.7 Å². The molecule has 4 heteroatoms. The molecule has 11 aromatic rings. The van der Waals surface area contributed by atoms with E-state index in [4.69, 9.17) is 0 Å². The summed E-state index contributed by atoms with van der Waals surface area (Å²) in [5.41, 5.74) is 12.8. The zero-order valence-corrected chi connectivity index (χ0v) is 32.9. The Balaban J connectivity index is 0.00000361. The molecule has 3 aromatic heterocycles. The standard InChI is InChI=1S/C50H30N2S.Y/c1-3-14-33(15-4-1)45-32-51(46-26-9-7-21-41(45)46)37-19-11-16-34(30-37)38-22-12-24-42-43-25-13-23-39(50(43)53-49(38)42)35-28-29-48-44(31-35)40-20-8-10-27-47(40)52(48)36-17-5-2-6-18-36;/h1-18,20-31H;/q-2;. The second-order valence-electron chi connectivity index (χ2n) is 13.6. The summed E-state index contributed by atoms with van der Waals surface area (Å²) in [7, 11) is 0. The summed E-state index contributed by atoms with van der Waals surface area (Å²) in [6.07, 6.45) is 3.71. The van der Waals surface area contributed by atoms with E-state index in [2.05, 4.69) is 197 Å². The van der Waals surface area contributed by atoms with Crippen molar-refractivity contribution < 1.29 is 32.7 Å². The van der Waals surface area contributed by atoms with E-state index in [-0.39, 0.29) is 32.7 Å². The fourth-order valence-corrected chi connectivity index (χ4v) is 9.52. The van der Waals surface area contributed by atoms with Crippen molar-refractivity contribution in [2.75, 3.05) is 0 Å². The molecule has 0 spiro atoms. The summed E-state index contributed by atoms with van der Waals surface area (Å²) in [5, 5.41) is 6.28. The van der Waals surface area contributed by atoms with E-state index >= 15 is 0 Å². The van der Waals surface area contributed by atoms with Crippen LogP contribution in [0.3, 0.4) is 0 Å². The maximum absolute atomic E-state index is 3.71. The van der Waals surface area contributed by atoms with Gasteiger partial charge in [-0.25, -0.2) is 6.07 Å². The molecule has 0 unspecified atom stereocenters. The van der Waals surface area contributed by atoms with E-state index in [1.807, 2.05) is 17.4 Å². The molecule has 1 radical (unpaired) electrons. The minimum absolute atomic E-state index is 0. The summed E-state index contributed by atoms with van der Waals surface area (Å²) >= 11 is 1.89. The van der Waals surface area contributed by atoms with Crippen LogP contribution in [-0.4, -0.2) is 9.13 Å². The molecule has 0 amide bonds. The van der Waals surface area contributed by atoms with Crippen LogP contribution >= 0.6 is 11.3 Å². The molecular weight excluding hydrogens is 750 g/mol. The first-order chi connectivity index (χ1) is 26.3. The smallest absolute Gasteiger partial charge is 0.0541 e. The Morgan fingerprint density at radius 2 is 1.02 bits per heavy atom. The van der Waals surface area contributed by atoms with Crippen LogP contribution < -0.4 is 0 Å². The number of nitrogens with zero attached hydrogens (tertiary/aromatic N) is 2. The summed E-state index contributed by atoms with van der Waals surface area (Å²) in [6.45, 7) is 0. The predicted molar refractivity (Wildman–Crippen MR) is 224 cm³/mol. The number of rotatable bonds is 5. The molecule has 0 aliphatic carbocycles. The van der Waals surface area contributed by atoms with Gasteiger partial charge in [0.2, 0.25) is 0 Å².